The Bertz CT molecular complexity index is 415. The first-order valence-corrected chi connectivity index (χ1v) is 4.06. The lowest BCUT2D eigenvalue weighted by molar-refractivity contribution is -0.131. The van der Waals surface area contributed by atoms with Gasteiger partial charge in [-0.3, -0.25) is 4.79 Å². The molecule has 2 N–H and O–H groups in total. The minimum Gasteiger partial charge on any atom is -0.478 e. The number of halogens is 1. The Kier molecular flexibility index (Phi) is 3.56. The molecule has 1 rings (SSSR count). The average molecular weight is 209 g/mol. The number of carbonyl (C=O) groups excluding carboxylic acids is 1. The summed E-state index contributed by atoms with van der Waals surface area (Å²) < 4.78 is 13.0. The largest absolute Gasteiger partial charge is 0.478 e. The second kappa shape index (κ2) is 4.90. The summed E-state index contributed by atoms with van der Waals surface area (Å²) in [6.07, 6.45) is 1.49. The molecule has 0 saturated carbocycles. The van der Waals surface area contributed by atoms with Gasteiger partial charge in [0, 0.05) is 12.2 Å². The number of rotatable bonds is 3. The predicted octanol–water partition coefficient (Wildman–Crippen LogP) is 1.40. The number of carboxylic acids is 1. The van der Waals surface area contributed by atoms with E-state index in [9.17, 15) is 14.0 Å². The second-order valence-electron chi connectivity index (χ2n) is 2.64. The van der Waals surface area contributed by atoms with Crippen molar-refractivity contribution in [2.75, 3.05) is 5.32 Å². The third kappa shape index (κ3) is 3.60. The number of hydrogen-bond acceptors (Lipinski definition) is 2. The van der Waals surface area contributed by atoms with Crippen molar-refractivity contribution in [2.45, 2.75) is 0 Å². The molecule has 5 heteroatoms. The van der Waals surface area contributed by atoms with Crippen LogP contribution in [0.2, 0.25) is 0 Å². The Labute approximate surface area is 85.0 Å². The van der Waals surface area contributed by atoms with E-state index in [1.54, 1.807) is 6.07 Å². The average Bonchev–Trinajstić information content (AvgIpc) is 2.18. The molecule has 0 aliphatic carbocycles. The molecule has 0 radical (unpaired) electrons. The van der Waals surface area contributed by atoms with Gasteiger partial charge in [-0.05, 0) is 12.1 Å². The highest BCUT2D eigenvalue weighted by Gasteiger charge is 2.02. The van der Waals surface area contributed by atoms with Crippen molar-refractivity contribution in [3.05, 3.63) is 42.2 Å². The highest BCUT2D eigenvalue weighted by Crippen LogP contribution is 2.11. The van der Waals surface area contributed by atoms with Crippen LogP contribution in [-0.2, 0) is 9.59 Å². The third-order valence-electron chi connectivity index (χ3n) is 1.51. The molecule has 0 aliphatic heterocycles. The third-order valence-corrected chi connectivity index (χ3v) is 1.51. The molecule has 1 aromatic carbocycles. The van der Waals surface area contributed by atoms with Crippen LogP contribution in [0.5, 0.6) is 0 Å². The van der Waals surface area contributed by atoms with Gasteiger partial charge in [0.05, 0.1) is 5.69 Å². The number of para-hydroxylation sites is 1. The fraction of sp³-hybridized carbons (Fsp3) is 0. The molecule has 0 heterocycles. The molecule has 0 saturated heterocycles. The highest BCUT2D eigenvalue weighted by molar-refractivity contribution is 6.02. The van der Waals surface area contributed by atoms with Crippen molar-refractivity contribution in [1.29, 1.82) is 0 Å². The van der Waals surface area contributed by atoms with Crippen LogP contribution in [0, 0.1) is 5.82 Å². The molecular formula is C10H8FNO3. The lowest BCUT2D eigenvalue weighted by atomic mass is 10.3. The first kappa shape index (κ1) is 10.9. The van der Waals surface area contributed by atoms with E-state index in [-0.39, 0.29) is 5.69 Å². The van der Waals surface area contributed by atoms with E-state index in [0.717, 1.165) is 6.08 Å². The van der Waals surface area contributed by atoms with Gasteiger partial charge in [0.1, 0.15) is 5.82 Å². The van der Waals surface area contributed by atoms with Gasteiger partial charge in [0.2, 0.25) is 5.91 Å². The molecule has 0 fully saturated rings. The van der Waals surface area contributed by atoms with E-state index in [4.69, 9.17) is 5.11 Å². The van der Waals surface area contributed by atoms with Crippen LogP contribution in [0.15, 0.2) is 36.4 Å². The van der Waals surface area contributed by atoms with Crippen molar-refractivity contribution in [1.82, 2.24) is 0 Å². The molecule has 1 aromatic rings. The van der Waals surface area contributed by atoms with Crippen LogP contribution in [0.4, 0.5) is 10.1 Å². The maximum atomic E-state index is 13.0. The van der Waals surface area contributed by atoms with E-state index < -0.39 is 17.7 Å². The minimum atomic E-state index is -1.24. The maximum Gasteiger partial charge on any atom is 0.328 e. The molecule has 0 unspecified atom stereocenters. The Balaban J connectivity index is 2.67. The highest BCUT2D eigenvalue weighted by atomic mass is 19.1. The van der Waals surface area contributed by atoms with Crippen LogP contribution in [0.3, 0.4) is 0 Å². The lowest BCUT2D eigenvalue weighted by Crippen LogP contribution is -2.09. The van der Waals surface area contributed by atoms with Gasteiger partial charge >= 0.3 is 5.97 Å². The second-order valence-corrected chi connectivity index (χ2v) is 2.64. The lowest BCUT2D eigenvalue weighted by Gasteiger charge is -2.02. The van der Waals surface area contributed by atoms with E-state index >= 15 is 0 Å². The smallest absolute Gasteiger partial charge is 0.328 e. The molecule has 15 heavy (non-hydrogen) atoms. The topological polar surface area (TPSA) is 66.4 Å². The van der Waals surface area contributed by atoms with E-state index in [1.165, 1.54) is 18.2 Å². The minimum absolute atomic E-state index is 0.0116. The number of carbonyl (C=O) groups is 2. The predicted molar refractivity (Wildman–Crippen MR) is 51.8 cm³/mol. The number of anilines is 1. The van der Waals surface area contributed by atoms with Crippen molar-refractivity contribution >= 4 is 17.6 Å². The summed E-state index contributed by atoms with van der Waals surface area (Å²) in [7, 11) is 0. The van der Waals surface area contributed by atoms with Gasteiger partial charge in [0.15, 0.2) is 0 Å². The number of hydrogen-bond donors (Lipinski definition) is 2. The van der Waals surface area contributed by atoms with Gasteiger partial charge in [0.25, 0.3) is 0 Å². The number of carboxylic acid groups (broad SMARTS) is 1. The summed E-state index contributed by atoms with van der Waals surface area (Å²) in [5.74, 6) is -2.50. The number of nitrogens with one attached hydrogen (secondary N) is 1. The van der Waals surface area contributed by atoms with Crippen molar-refractivity contribution < 1.29 is 19.1 Å². The first-order chi connectivity index (χ1) is 7.09. The zero-order valence-corrected chi connectivity index (χ0v) is 7.61. The monoisotopic (exact) mass is 209 g/mol. The summed E-state index contributed by atoms with van der Waals surface area (Å²) in [4.78, 5) is 21.1. The summed E-state index contributed by atoms with van der Waals surface area (Å²) in [6, 6.07) is 5.61. The Morgan fingerprint density at radius 3 is 2.53 bits per heavy atom. The summed E-state index contributed by atoms with van der Waals surface area (Å²) in [6.45, 7) is 0. The zero-order valence-electron chi connectivity index (χ0n) is 7.61. The molecule has 0 aliphatic rings. The maximum absolute atomic E-state index is 13.0. The summed E-state index contributed by atoms with van der Waals surface area (Å²) in [5.41, 5.74) is 0.0116. The van der Waals surface area contributed by atoms with Gasteiger partial charge in [-0.15, -0.1) is 0 Å². The summed E-state index contributed by atoms with van der Waals surface area (Å²) >= 11 is 0. The Morgan fingerprint density at radius 2 is 1.93 bits per heavy atom. The van der Waals surface area contributed by atoms with Crippen LogP contribution in [-0.4, -0.2) is 17.0 Å². The first-order valence-electron chi connectivity index (χ1n) is 4.06. The molecular weight excluding hydrogens is 201 g/mol. The molecule has 0 spiro atoms. The molecule has 0 aromatic heterocycles. The SMILES string of the molecule is O=C(O)C=CC(=O)Nc1ccccc1F. The van der Waals surface area contributed by atoms with Crippen LogP contribution in [0.25, 0.3) is 0 Å². The van der Waals surface area contributed by atoms with Gasteiger partial charge in [-0.25, -0.2) is 9.18 Å². The van der Waals surface area contributed by atoms with Crippen LogP contribution < -0.4 is 5.32 Å². The molecule has 0 atom stereocenters. The quantitative estimate of drug-likeness (QED) is 0.739. The number of amides is 1. The van der Waals surface area contributed by atoms with Crippen LogP contribution >= 0.6 is 0 Å². The normalized spacial score (nSPS) is 10.2. The van der Waals surface area contributed by atoms with E-state index in [2.05, 4.69) is 5.32 Å². The zero-order chi connectivity index (χ0) is 11.3. The van der Waals surface area contributed by atoms with Gasteiger partial charge in [-0.2, -0.15) is 0 Å². The molecule has 4 nitrogen and oxygen atoms in total. The van der Waals surface area contributed by atoms with Crippen molar-refractivity contribution in [3.8, 4) is 0 Å². The van der Waals surface area contributed by atoms with Gasteiger partial charge < -0.3 is 10.4 Å². The summed E-state index contributed by atoms with van der Waals surface area (Å²) in [5, 5.41) is 10.4. The van der Waals surface area contributed by atoms with E-state index in [0.29, 0.717) is 6.08 Å². The van der Waals surface area contributed by atoms with Crippen LogP contribution in [0.1, 0.15) is 0 Å². The fourth-order valence-corrected chi connectivity index (χ4v) is 0.884. The van der Waals surface area contributed by atoms with Crippen molar-refractivity contribution in [2.24, 2.45) is 0 Å². The van der Waals surface area contributed by atoms with E-state index in [1.807, 2.05) is 0 Å². The van der Waals surface area contributed by atoms with Crippen molar-refractivity contribution in [3.63, 3.8) is 0 Å². The number of benzene rings is 1. The fourth-order valence-electron chi connectivity index (χ4n) is 0.884. The Hall–Kier alpha value is -2.17. The standard InChI is InChI=1S/C10H8FNO3/c11-7-3-1-2-4-8(7)12-9(13)5-6-10(14)15/h1-6H,(H,12,13)(H,14,15). The number of aliphatic carboxylic acids is 1. The molecule has 78 valence electrons. The Morgan fingerprint density at radius 1 is 1.27 bits per heavy atom. The molecule has 1 amide bonds. The molecule has 0 bridgehead atoms. The van der Waals surface area contributed by atoms with Gasteiger partial charge in [-0.1, -0.05) is 12.1 Å².